The Morgan fingerprint density at radius 3 is 1.80 bits per heavy atom. The summed E-state index contributed by atoms with van der Waals surface area (Å²) in [6.45, 7) is 1.93. The second-order valence-electron chi connectivity index (χ2n) is 0.316. The molecule has 0 aliphatic carbocycles. The number of aliphatic hydroxyl groups excluding tert-OH is 1. The van der Waals surface area contributed by atoms with E-state index in [0.717, 1.165) is 0 Å². The Balaban J connectivity index is 0. The van der Waals surface area contributed by atoms with Gasteiger partial charge in [-0.2, -0.15) is 0 Å². The zero-order valence-corrected chi connectivity index (χ0v) is 7.95. The van der Waals surface area contributed by atoms with Crippen molar-refractivity contribution >= 4 is 27.7 Å². The Labute approximate surface area is 46.6 Å². The summed E-state index contributed by atoms with van der Waals surface area (Å²) in [6.07, 6.45) is 0. The summed E-state index contributed by atoms with van der Waals surface area (Å²) in [6, 6.07) is 0. The molecule has 1 nitrogen and oxygen atoms in total. The minimum absolute atomic E-state index is 0.250. The van der Waals surface area contributed by atoms with Crippen molar-refractivity contribution in [3.63, 3.8) is 0 Å². The summed E-state index contributed by atoms with van der Waals surface area (Å²) in [5.74, 6) is 0. The molecule has 32 valence electrons. The molecule has 0 bridgehead atoms. The fourth-order valence-electron chi connectivity index (χ4n) is 0. The van der Waals surface area contributed by atoms with Gasteiger partial charge in [0.15, 0.2) is 0 Å². The van der Waals surface area contributed by atoms with Crippen molar-refractivity contribution in [3.05, 3.63) is 0 Å². The quantitative estimate of drug-likeness (QED) is 0.481. The van der Waals surface area contributed by atoms with E-state index in [9.17, 15) is 0 Å². The Morgan fingerprint density at radius 2 is 1.80 bits per heavy atom. The molecule has 0 saturated heterocycles. The summed E-state index contributed by atoms with van der Waals surface area (Å²) in [4.78, 5) is 0. The molecule has 0 heterocycles. The molecule has 0 unspecified atom stereocenters. The van der Waals surface area contributed by atoms with Crippen molar-refractivity contribution < 1.29 is 5.11 Å². The first-order valence-electron chi connectivity index (χ1n) is 1.31. The van der Waals surface area contributed by atoms with Gasteiger partial charge in [-0.05, 0) is 6.92 Å². The van der Waals surface area contributed by atoms with Crippen LogP contribution >= 0.6 is 0 Å². The molecule has 0 aromatic heterocycles. The van der Waals surface area contributed by atoms with Crippen LogP contribution in [0, 0.1) is 0 Å². The number of hydrogen-bond donors (Lipinski definition) is 1. The molecule has 0 aliphatic heterocycles. The zero-order chi connectivity index (χ0) is 4.71. The topological polar surface area (TPSA) is 20.2 Å². The van der Waals surface area contributed by atoms with E-state index in [0.29, 0.717) is 0 Å². The molecule has 0 aromatic carbocycles. The molecule has 0 fully saturated rings. The third kappa shape index (κ3) is 43.9. The van der Waals surface area contributed by atoms with E-state index in [1.54, 1.807) is 6.92 Å². The van der Waals surface area contributed by atoms with Crippen molar-refractivity contribution in [2.45, 2.75) is 6.92 Å². The molecule has 3 heteroatoms. The molecule has 0 aromatic rings. The first-order chi connectivity index (χ1) is 2.41. The average molecular weight is 200 g/mol. The van der Waals surface area contributed by atoms with Gasteiger partial charge in [0.2, 0.25) is 0 Å². The Bertz CT molecular complexity index is 13.6. The fourth-order valence-corrected chi connectivity index (χ4v) is 0. The second kappa shape index (κ2) is 19.9. The van der Waals surface area contributed by atoms with E-state index in [1.807, 2.05) is 0 Å². The van der Waals surface area contributed by atoms with Crippen LogP contribution in [0.1, 0.15) is 6.92 Å². The Hall–Kier alpha value is 1.02. The van der Waals surface area contributed by atoms with E-state index in [2.05, 4.69) is 13.5 Å². The van der Waals surface area contributed by atoms with E-state index in [-0.39, 0.29) is 6.61 Å². The SMILES string of the molecule is CCO.[GeH2]=[Se]. The van der Waals surface area contributed by atoms with Gasteiger partial charge in [0.25, 0.3) is 0 Å². The van der Waals surface area contributed by atoms with Gasteiger partial charge in [0.05, 0.1) is 0 Å². The summed E-state index contributed by atoms with van der Waals surface area (Å²) in [7, 11) is 0. The van der Waals surface area contributed by atoms with Crippen LogP contribution in [0.2, 0.25) is 0 Å². The van der Waals surface area contributed by atoms with Gasteiger partial charge in [0.1, 0.15) is 0 Å². The molecule has 0 spiro atoms. The predicted octanol–water partition coefficient (Wildman–Crippen LogP) is -1.30. The number of hydrogen-bond acceptors (Lipinski definition) is 1. The summed E-state index contributed by atoms with van der Waals surface area (Å²) >= 11 is 4.00. The molecular formula is C2H8GeOSe. The van der Waals surface area contributed by atoms with Crippen LogP contribution in [0.25, 0.3) is 0 Å². The van der Waals surface area contributed by atoms with E-state index in [4.69, 9.17) is 5.11 Å². The van der Waals surface area contributed by atoms with Gasteiger partial charge in [-0.15, -0.1) is 0 Å². The molecule has 0 saturated carbocycles. The third-order valence-electron chi connectivity index (χ3n) is 0. The summed E-state index contributed by atoms with van der Waals surface area (Å²) in [5, 5.41) is 7.57. The molecule has 0 amide bonds. The maximum atomic E-state index is 7.57. The van der Waals surface area contributed by atoms with Crippen LogP contribution in [0.5, 0.6) is 0 Å². The summed E-state index contributed by atoms with van der Waals surface area (Å²) < 4.78 is 0. The van der Waals surface area contributed by atoms with Crippen LogP contribution in [-0.4, -0.2) is 39.4 Å². The number of aliphatic hydroxyl groups is 1. The molecule has 0 rings (SSSR count). The normalized spacial score (nSPS) is 4.40. The van der Waals surface area contributed by atoms with Crippen LogP contribution in [0.15, 0.2) is 0 Å². The van der Waals surface area contributed by atoms with Gasteiger partial charge in [-0.25, -0.2) is 0 Å². The average Bonchev–Trinajstić information content (AvgIpc) is 1.46. The van der Waals surface area contributed by atoms with Crippen molar-refractivity contribution in [1.29, 1.82) is 0 Å². The van der Waals surface area contributed by atoms with E-state index in [1.165, 1.54) is 14.1 Å². The number of rotatable bonds is 0. The molecule has 1 N–H and O–H groups in total. The predicted molar refractivity (Wildman–Crippen MR) is 27.1 cm³/mol. The van der Waals surface area contributed by atoms with Crippen molar-refractivity contribution in [3.8, 4) is 0 Å². The van der Waals surface area contributed by atoms with Crippen LogP contribution in [-0.2, 0) is 0 Å². The van der Waals surface area contributed by atoms with E-state index >= 15 is 0 Å². The van der Waals surface area contributed by atoms with Gasteiger partial charge >= 0.3 is 27.7 Å². The first kappa shape index (κ1) is 9.39. The maximum absolute atomic E-state index is 7.57. The minimum atomic E-state index is 0.250. The van der Waals surface area contributed by atoms with Crippen molar-refractivity contribution in [2.24, 2.45) is 0 Å². The third-order valence-corrected chi connectivity index (χ3v) is 0. The molecule has 5 heavy (non-hydrogen) atoms. The zero-order valence-electron chi connectivity index (χ0n) is 3.27. The van der Waals surface area contributed by atoms with Crippen molar-refractivity contribution in [2.75, 3.05) is 6.61 Å². The second-order valence-corrected chi connectivity index (χ2v) is 0.316. The standard InChI is InChI=1S/C2H6O.GeH2Se/c1-2-3;1-2/h3H,2H2,1H3;1H2. The molecular weight excluding hydrogens is 192 g/mol. The van der Waals surface area contributed by atoms with Crippen LogP contribution < -0.4 is 0 Å². The summed E-state index contributed by atoms with van der Waals surface area (Å²) in [5.41, 5.74) is 0. The molecule has 0 radical (unpaired) electrons. The van der Waals surface area contributed by atoms with Gasteiger partial charge in [-0.1, -0.05) is 0 Å². The Kier molecular flexibility index (Phi) is 37.3. The fraction of sp³-hybridized carbons (Fsp3) is 1.00. The Morgan fingerprint density at radius 1 is 1.80 bits per heavy atom. The van der Waals surface area contributed by atoms with Crippen molar-refractivity contribution in [1.82, 2.24) is 0 Å². The van der Waals surface area contributed by atoms with Crippen LogP contribution in [0.3, 0.4) is 0 Å². The first-order valence-corrected chi connectivity index (χ1v) is 8.82. The van der Waals surface area contributed by atoms with E-state index < -0.39 is 0 Å². The monoisotopic (exact) mass is 202 g/mol. The molecule has 0 atom stereocenters. The molecule has 0 aliphatic rings. The van der Waals surface area contributed by atoms with Gasteiger partial charge < -0.3 is 5.11 Å². The van der Waals surface area contributed by atoms with Gasteiger partial charge in [-0.3, -0.25) is 0 Å². The van der Waals surface area contributed by atoms with Crippen LogP contribution in [0.4, 0.5) is 0 Å². The van der Waals surface area contributed by atoms with Gasteiger partial charge in [0, 0.05) is 6.61 Å².